The second kappa shape index (κ2) is 4.37. The fraction of sp³-hybridized carbons (Fsp3) is 0.500. The molecule has 15 heavy (non-hydrogen) atoms. The summed E-state index contributed by atoms with van der Waals surface area (Å²) in [6, 6.07) is 2.14. The van der Waals surface area contributed by atoms with Crippen LogP contribution in [0.3, 0.4) is 0 Å². The monoisotopic (exact) mass is 271 g/mol. The summed E-state index contributed by atoms with van der Waals surface area (Å²) in [6.07, 6.45) is 1.92. The van der Waals surface area contributed by atoms with Gasteiger partial charge in [0.2, 0.25) is 0 Å². The molecule has 1 aromatic heterocycles. The number of aryl methyl sites for hydroxylation is 1. The molecule has 0 atom stereocenters. The van der Waals surface area contributed by atoms with Crippen molar-refractivity contribution in [3.05, 3.63) is 22.4 Å². The standard InChI is InChI=1S/C10H14BrN3O/c1-2-14-6-7(11)3-9(14)10(15)13-8-4-12-5-8/h3,6,8,12H,2,4-5H2,1H3,(H,13,15). The Hall–Kier alpha value is -0.810. The molecule has 1 amide bonds. The average molecular weight is 272 g/mol. The molecule has 1 aliphatic heterocycles. The number of amides is 1. The molecule has 0 spiro atoms. The molecule has 1 fully saturated rings. The summed E-state index contributed by atoms with van der Waals surface area (Å²) in [5.74, 6) is 0.00838. The molecule has 4 nitrogen and oxygen atoms in total. The molecule has 0 unspecified atom stereocenters. The molecule has 1 aliphatic rings. The van der Waals surface area contributed by atoms with Crippen LogP contribution in [0.25, 0.3) is 0 Å². The molecule has 1 saturated heterocycles. The number of hydrogen-bond acceptors (Lipinski definition) is 2. The van der Waals surface area contributed by atoms with Crippen LogP contribution in [0.2, 0.25) is 0 Å². The summed E-state index contributed by atoms with van der Waals surface area (Å²) in [5, 5.41) is 6.10. The van der Waals surface area contributed by atoms with E-state index in [9.17, 15) is 4.79 Å². The molecular weight excluding hydrogens is 258 g/mol. The van der Waals surface area contributed by atoms with Crippen molar-refractivity contribution in [3.8, 4) is 0 Å². The highest BCUT2D eigenvalue weighted by Crippen LogP contribution is 2.15. The molecule has 5 heteroatoms. The lowest BCUT2D eigenvalue weighted by Crippen LogP contribution is -2.57. The van der Waals surface area contributed by atoms with Gasteiger partial charge in [-0.1, -0.05) is 0 Å². The van der Waals surface area contributed by atoms with Crippen molar-refractivity contribution in [2.24, 2.45) is 0 Å². The van der Waals surface area contributed by atoms with Gasteiger partial charge in [-0.15, -0.1) is 0 Å². The van der Waals surface area contributed by atoms with Crippen LogP contribution in [-0.4, -0.2) is 29.6 Å². The Morgan fingerprint density at radius 2 is 2.47 bits per heavy atom. The van der Waals surface area contributed by atoms with Gasteiger partial charge in [-0.2, -0.15) is 0 Å². The molecule has 0 aliphatic carbocycles. The minimum Gasteiger partial charge on any atom is -0.345 e. The van der Waals surface area contributed by atoms with E-state index in [1.165, 1.54) is 0 Å². The van der Waals surface area contributed by atoms with Crippen LogP contribution in [0.1, 0.15) is 17.4 Å². The zero-order valence-corrected chi connectivity index (χ0v) is 10.2. The Labute approximate surface area is 97.2 Å². The highest BCUT2D eigenvalue weighted by molar-refractivity contribution is 9.10. The van der Waals surface area contributed by atoms with Crippen LogP contribution in [0.5, 0.6) is 0 Å². The molecule has 0 saturated carbocycles. The third kappa shape index (κ3) is 2.23. The van der Waals surface area contributed by atoms with E-state index in [-0.39, 0.29) is 11.9 Å². The number of carbonyl (C=O) groups excluding carboxylic acids is 1. The second-order valence-electron chi connectivity index (χ2n) is 3.66. The van der Waals surface area contributed by atoms with Crippen molar-refractivity contribution in [1.82, 2.24) is 15.2 Å². The van der Waals surface area contributed by atoms with E-state index in [4.69, 9.17) is 0 Å². The molecule has 0 bridgehead atoms. The summed E-state index contributed by atoms with van der Waals surface area (Å²) in [5.41, 5.74) is 0.719. The molecule has 2 heterocycles. The molecular formula is C10H14BrN3O. The summed E-state index contributed by atoms with van der Waals surface area (Å²) in [7, 11) is 0. The Kier molecular flexibility index (Phi) is 3.11. The van der Waals surface area contributed by atoms with Gasteiger partial charge >= 0.3 is 0 Å². The first-order valence-corrected chi connectivity index (χ1v) is 5.87. The van der Waals surface area contributed by atoms with Gasteiger partial charge in [0.1, 0.15) is 5.69 Å². The van der Waals surface area contributed by atoms with Gasteiger partial charge < -0.3 is 15.2 Å². The first-order valence-electron chi connectivity index (χ1n) is 5.08. The topological polar surface area (TPSA) is 46.1 Å². The lowest BCUT2D eigenvalue weighted by atomic mass is 10.2. The predicted octanol–water partition coefficient (Wildman–Crippen LogP) is 0.972. The minimum atomic E-state index is 0.00838. The van der Waals surface area contributed by atoms with Gasteiger partial charge in [-0.3, -0.25) is 4.79 Å². The highest BCUT2D eigenvalue weighted by Gasteiger charge is 2.21. The normalized spacial score (nSPS) is 16.1. The number of nitrogens with zero attached hydrogens (tertiary/aromatic N) is 1. The Balaban J connectivity index is 2.09. The number of nitrogens with one attached hydrogen (secondary N) is 2. The van der Waals surface area contributed by atoms with Crippen molar-refractivity contribution in [2.75, 3.05) is 13.1 Å². The van der Waals surface area contributed by atoms with E-state index in [2.05, 4.69) is 26.6 Å². The van der Waals surface area contributed by atoms with Crippen LogP contribution < -0.4 is 10.6 Å². The summed E-state index contributed by atoms with van der Waals surface area (Å²) < 4.78 is 2.88. The van der Waals surface area contributed by atoms with Gasteiger partial charge in [-0.05, 0) is 28.9 Å². The summed E-state index contributed by atoms with van der Waals surface area (Å²) in [4.78, 5) is 11.9. The smallest absolute Gasteiger partial charge is 0.268 e. The SMILES string of the molecule is CCn1cc(Br)cc1C(=O)NC1CNC1. The number of carbonyl (C=O) groups is 1. The van der Waals surface area contributed by atoms with E-state index in [1.807, 2.05) is 23.8 Å². The lowest BCUT2D eigenvalue weighted by Gasteiger charge is -2.28. The van der Waals surface area contributed by atoms with E-state index < -0.39 is 0 Å². The third-order valence-electron chi connectivity index (χ3n) is 2.55. The minimum absolute atomic E-state index is 0.00838. The van der Waals surface area contributed by atoms with E-state index in [1.54, 1.807) is 0 Å². The van der Waals surface area contributed by atoms with Crippen molar-refractivity contribution in [3.63, 3.8) is 0 Å². The van der Waals surface area contributed by atoms with Crippen molar-refractivity contribution < 1.29 is 4.79 Å². The van der Waals surface area contributed by atoms with Crippen LogP contribution in [-0.2, 0) is 6.54 Å². The van der Waals surface area contributed by atoms with Gasteiger partial charge in [0.15, 0.2) is 0 Å². The molecule has 82 valence electrons. The van der Waals surface area contributed by atoms with Crippen molar-refractivity contribution in [2.45, 2.75) is 19.5 Å². The number of hydrogen-bond donors (Lipinski definition) is 2. The Bertz CT molecular complexity index is 371. The lowest BCUT2D eigenvalue weighted by molar-refractivity contribution is 0.0914. The number of aromatic nitrogens is 1. The van der Waals surface area contributed by atoms with Gasteiger partial charge in [0.25, 0.3) is 5.91 Å². The van der Waals surface area contributed by atoms with E-state index in [0.717, 1.165) is 29.8 Å². The molecule has 2 rings (SSSR count). The van der Waals surface area contributed by atoms with Crippen LogP contribution >= 0.6 is 15.9 Å². The molecule has 1 aromatic rings. The first kappa shape index (κ1) is 10.7. The largest absolute Gasteiger partial charge is 0.345 e. The summed E-state index contributed by atoms with van der Waals surface area (Å²) in [6.45, 7) is 4.57. The van der Waals surface area contributed by atoms with E-state index in [0.29, 0.717) is 0 Å². The number of rotatable bonds is 3. The first-order chi connectivity index (χ1) is 7.20. The van der Waals surface area contributed by atoms with Gasteiger partial charge in [0.05, 0.1) is 6.04 Å². The van der Waals surface area contributed by atoms with E-state index >= 15 is 0 Å². The van der Waals surface area contributed by atoms with Crippen LogP contribution in [0, 0.1) is 0 Å². The van der Waals surface area contributed by atoms with Gasteiger partial charge in [0, 0.05) is 30.3 Å². The average Bonchev–Trinajstić information content (AvgIpc) is 2.53. The highest BCUT2D eigenvalue weighted by atomic mass is 79.9. The Morgan fingerprint density at radius 1 is 1.73 bits per heavy atom. The predicted molar refractivity (Wildman–Crippen MR) is 61.9 cm³/mol. The van der Waals surface area contributed by atoms with Crippen LogP contribution in [0.4, 0.5) is 0 Å². The number of halogens is 1. The molecule has 0 aromatic carbocycles. The maximum absolute atomic E-state index is 11.9. The summed E-state index contributed by atoms with van der Waals surface area (Å²) >= 11 is 3.38. The van der Waals surface area contributed by atoms with Gasteiger partial charge in [-0.25, -0.2) is 0 Å². The fourth-order valence-electron chi connectivity index (χ4n) is 1.58. The zero-order valence-electron chi connectivity index (χ0n) is 8.59. The second-order valence-corrected chi connectivity index (χ2v) is 4.57. The maximum atomic E-state index is 11.9. The fourth-order valence-corrected chi connectivity index (χ4v) is 2.04. The van der Waals surface area contributed by atoms with Crippen molar-refractivity contribution >= 4 is 21.8 Å². The molecule has 0 radical (unpaired) electrons. The van der Waals surface area contributed by atoms with Crippen molar-refractivity contribution in [1.29, 1.82) is 0 Å². The Morgan fingerprint density at radius 3 is 3.00 bits per heavy atom. The third-order valence-corrected chi connectivity index (χ3v) is 2.99. The molecule has 2 N–H and O–H groups in total. The zero-order chi connectivity index (χ0) is 10.8. The quantitative estimate of drug-likeness (QED) is 0.861. The van der Waals surface area contributed by atoms with Crippen LogP contribution in [0.15, 0.2) is 16.7 Å². The maximum Gasteiger partial charge on any atom is 0.268 e.